The van der Waals surface area contributed by atoms with Gasteiger partial charge in [0.25, 0.3) is 0 Å². The Kier molecular flexibility index (Phi) is 3.66. The van der Waals surface area contributed by atoms with Crippen LogP contribution in [0.4, 0.5) is 21.6 Å². The van der Waals surface area contributed by atoms with Gasteiger partial charge in [-0.2, -0.15) is 4.98 Å². The van der Waals surface area contributed by atoms with Crippen LogP contribution in [-0.4, -0.2) is 12.1 Å². The maximum absolute atomic E-state index is 13.6. The molecule has 1 aromatic heterocycles. The van der Waals surface area contributed by atoms with E-state index in [1.807, 2.05) is 0 Å². The van der Waals surface area contributed by atoms with Crippen molar-refractivity contribution >= 4 is 33.1 Å². The molecule has 0 saturated heterocycles. The summed E-state index contributed by atoms with van der Waals surface area (Å²) in [4.78, 5) is 4.12. The summed E-state index contributed by atoms with van der Waals surface area (Å²) in [5.74, 6) is 0.376. The van der Waals surface area contributed by atoms with Crippen molar-refractivity contribution in [3.8, 4) is 5.88 Å². The third-order valence-corrected chi connectivity index (χ3v) is 2.96. The molecule has 6 heteroatoms. The lowest BCUT2D eigenvalue weighted by Gasteiger charge is -2.10. The number of rotatable bonds is 3. The van der Waals surface area contributed by atoms with Crippen molar-refractivity contribution in [1.29, 1.82) is 0 Å². The molecule has 0 amide bonds. The zero-order valence-electron chi connectivity index (χ0n) is 9.58. The smallest absolute Gasteiger partial charge is 0.238 e. The predicted molar refractivity (Wildman–Crippen MR) is 72.6 cm³/mol. The van der Waals surface area contributed by atoms with Crippen LogP contribution in [0.3, 0.4) is 0 Å². The number of nitrogens with zero attached hydrogens (tertiary/aromatic N) is 1. The van der Waals surface area contributed by atoms with Crippen LogP contribution in [0.2, 0.25) is 0 Å². The largest absolute Gasteiger partial charge is 0.479 e. The average Bonchev–Trinajstić information content (AvgIpc) is 2.36. The van der Waals surface area contributed by atoms with Gasteiger partial charge in [-0.05, 0) is 40.2 Å². The number of halogens is 2. The number of benzene rings is 1. The van der Waals surface area contributed by atoms with Gasteiger partial charge >= 0.3 is 0 Å². The van der Waals surface area contributed by atoms with E-state index < -0.39 is 0 Å². The molecule has 0 saturated carbocycles. The molecule has 0 atom stereocenters. The van der Waals surface area contributed by atoms with Crippen LogP contribution >= 0.6 is 15.9 Å². The number of para-hydroxylation sites is 1. The van der Waals surface area contributed by atoms with Gasteiger partial charge in [0.2, 0.25) is 5.88 Å². The van der Waals surface area contributed by atoms with Crippen LogP contribution in [0, 0.1) is 5.82 Å². The molecule has 0 aliphatic heterocycles. The second-order valence-electron chi connectivity index (χ2n) is 3.52. The van der Waals surface area contributed by atoms with Crippen molar-refractivity contribution < 1.29 is 9.13 Å². The Hall–Kier alpha value is -1.82. The number of nitrogens with two attached hydrogens (primary N) is 1. The van der Waals surface area contributed by atoms with E-state index in [9.17, 15) is 4.39 Å². The van der Waals surface area contributed by atoms with Crippen molar-refractivity contribution in [2.45, 2.75) is 0 Å². The lowest BCUT2D eigenvalue weighted by Crippen LogP contribution is -2.01. The molecule has 1 aromatic carbocycles. The van der Waals surface area contributed by atoms with Crippen molar-refractivity contribution in [2.24, 2.45) is 0 Å². The number of methoxy groups -OCH3 is 1. The monoisotopic (exact) mass is 311 g/mol. The van der Waals surface area contributed by atoms with Crippen LogP contribution in [0.5, 0.6) is 5.88 Å². The molecule has 0 aliphatic carbocycles. The number of aromatic nitrogens is 1. The Balaban J connectivity index is 2.34. The molecule has 3 N–H and O–H groups in total. The minimum Gasteiger partial charge on any atom is -0.479 e. The summed E-state index contributed by atoms with van der Waals surface area (Å²) in [5, 5.41) is 2.87. The highest BCUT2D eigenvalue weighted by molar-refractivity contribution is 9.10. The van der Waals surface area contributed by atoms with Gasteiger partial charge in [0, 0.05) is 4.47 Å². The van der Waals surface area contributed by atoms with Gasteiger partial charge in [-0.25, -0.2) is 4.39 Å². The highest BCUT2D eigenvalue weighted by Gasteiger charge is 2.09. The second-order valence-corrected chi connectivity index (χ2v) is 4.37. The fourth-order valence-electron chi connectivity index (χ4n) is 1.43. The van der Waals surface area contributed by atoms with Gasteiger partial charge in [-0.1, -0.05) is 6.07 Å². The van der Waals surface area contributed by atoms with Crippen LogP contribution in [0.1, 0.15) is 0 Å². The molecule has 0 spiro atoms. The Labute approximate surface area is 112 Å². The number of pyridine rings is 1. The van der Waals surface area contributed by atoms with E-state index in [2.05, 4.69) is 26.2 Å². The number of ether oxygens (including phenoxy) is 1. The van der Waals surface area contributed by atoms with Crippen LogP contribution in [0.25, 0.3) is 0 Å². The summed E-state index contributed by atoms with van der Waals surface area (Å²) >= 11 is 3.27. The number of hydrogen-bond acceptors (Lipinski definition) is 4. The summed E-state index contributed by atoms with van der Waals surface area (Å²) in [6.45, 7) is 0. The first-order valence-electron chi connectivity index (χ1n) is 5.13. The molecule has 0 fully saturated rings. The Morgan fingerprint density at radius 1 is 1.33 bits per heavy atom. The fourth-order valence-corrected chi connectivity index (χ4v) is 1.87. The lowest BCUT2D eigenvalue weighted by molar-refractivity contribution is 0.401. The van der Waals surface area contributed by atoms with Crippen LogP contribution in [0.15, 0.2) is 34.8 Å². The molecule has 2 rings (SSSR count). The van der Waals surface area contributed by atoms with Gasteiger partial charge in [0.1, 0.15) is 11.6 Å². The summed E-state index contributed by atoms with van der Waals surface area (Å²) in [6.07, 6.45) is 0. The minimum absolute atomic E-state index is 0.299. The number of nitrogens with one attached hydrogen (secondary N) is 1. The molecular formula is C12H11BrFN3O. The maximum atomic E-state index is 13.6. The van der Waals surface area contributed by atoms with E-state index >= 15 is 0 Å². The summed E-state index contributed by atoms with van der Waals surface area (Å²) in [6, 6.07) is 8.00. The zero-order chi connectivity index (χ0) is 13.1. The number of nitrogen functional groups attached to an aromatic ring is 1. The molecule has 4 nitrogen and oxygen atoms in total. The molecule has 0 aliphatic rings. The SMILES string of the molecule is COc1nc(Nc2c(F)cccc2Br)ccc1N. The van der Waals surface area contributed by atoms with Gasteiger partial charge in [-0.15, -0.1) is 0 Å². The molecule has 0 bridgehead atoms. The van der Waals surface area contributed by atoms with Crippen molar-refractivity contribution in [1.82, 2.24) is 4.98 Å². The van der Waals surface area contributed by atoms with Gasteiger partial charge in [0.05, 0.1) is 18.5 Å². The summed E-state index contributed by atoms with van der Waals surface area (Å²) < 4.78 is 19.2. The van der Waals surface area contributed by atoms with E-state index in [0.717, 1.165) is 0 Å². The van der Waals surface area contributed by atoms with Crippen LogP contribution < -0.4 is 15.8 Å². The molecular weight excluding hydrogens is 301 g/mol. The van der Waals surface area contributed by atoms with Crippen molar-refractivity contribution in [2.75, 3.05) is 18.2 Å². The Bertz CT molecular complexity index is 557. The predicted octanol–water partition coefficient (Wildman–Crippen LogP) is 3.32. The van der Waals surface area contributed by atoms with Crippen molar-refractivity contribution in [3.05, 3.63) is 40.6 Å². The van der Waals surface area contributed by atoms with Gasteiger partial charge in [-0.3, -0.25) is 0 Å². The highest BCUT2D eigenvalue weighted by Crippen LogP contribution is 2.29. The van der Waals surface area contributed by atoms with E-state index in [1.54, 1.807) is 24.3 Å². The normalized spacial score (nSPS) is 10.2. The molecule has 0 unspecified atom stereocenters. The Morgan fingerprint density at radius 3 is 2.78 bits per heavy atom. The molecule has 94 valence electrons. The summed E-state index contributed by atoms with van der Waals surface area (Å²) in [5.41, 5.74) is 6.40. The van der Waals surface area contributed by atoms with Gasteiger partial charge < -0.3 is 15.8 Å². The molecule has 1 heterocycles. The maximum Gasteiger partial charge on any atom is 0.238 e. The summed E-state index contributed by atoms with van der Waals surface area (Å²) in [7, 11) is 1.47. The third kappa shape index (κ3) is 2.53. The second kappa shape index (κ2) is 5.22. The van der Waals surface area contributed by atoms with Gasteiger partial charge in [0.15, 0.2) is 0 Å². The minimum atomic E-state index is -0.373. The average molecular weight is 312 g/mol. The highest BCUT2D eigenvalue weighted by atomic mass is 79.9. The first kappa shape index (κ1) is 12.6. The first-order valence-corrected chi connectivity index (χ1v) is 5.92. The van der Waals surface area contributed by atoms with E-state index in [-0.39, 0.29) is 5.82 Å². The quantitative estimate of drug-likeness (QED) is 0.913. The Morgan fingerprint density at radius 2 is 2.11 bits per heavy atom. The van der Waals surface area contributed by atoms with Crippen LogP contribution in [-0.2, 0) is 0 Å². The zero-order valence-corrected chi connectivity index (χ0v) is 11.2. The van der Waals surface area contributed by atoms with E-state index in [1.165, 1.54) is 13.2 Å². The van der Waals surface area contributed by atoms with E-state index in [0.29, 0.717) is 27.5 Å². The first-order chi connectivity index (χ1) is 8.61. The molecule has 18 heavy (non-hydrogen) atoms. The third-order valence-electron chi connectivity index (χ3n) is 2.30. The number of hydrogen-bond donors (Lipinski definition) is 2. The number of anilines is 3. The standard InChI is InChI=1S/C12H11BrFN3O/c1-18-12-9(15)5-6-10(17-12)16-11-7(13)3-2-4-8(11)14/h2-6H,15H2,1H3,(H,16,17). The molecule has 0 radical (unpaired) electrons. The lowest BCUT2D eigenvalue weighted by atomic mass is 10.3. The van der Waals surface area contributed by atoms with Crippen molar-refractivity contribution in [3.63, 3.8) is 0 Å². The van der Waals surface area contributed by atoms with E-state index in [4.69, 9.17) is 10.5 Å². The molecule has 2 aromatic rings. The topological polar surface area (TPSA) is 60.2 Å². The fraction of sp³-hybridized carbons (Fsp3) is 0.0833.